The number of hydrogen-bond acceptors (Lipinski definition) is 1. The van der Waals surface area contributed by atoms with E-state index in [2.05, 4.69) is 13.8 Å². The lowest BCUT2D eigenvalue weighted by molar-refractivity contribution is 0.267. The molecule has 52 valence electrons. The van der Waals surface area contributed by atoms with E-state index in [0.29, 0.717) is 6.10 Å². The van der Waals surface area contributed by atoms with E-state index in [1.807, 2.05) is 13.8 Å². The third-order valence-corrected chi connectivity index (χ3v) is 1.41. The monoisotopic (exact) mass is 134 g/mol. The fourth-order valence-electron chi connectivity index (χ4n) is 0. The Morgan fingerprint density at radius 2 is 1.50 bits per heavy atom. The van der Waals surface area contributed by atoms with Gasteiger partial charge in [0.15, 0.2) is 0 Å². The zero-order chi connectivity index (χ0) is 6.99. The molecule has 0 rings (SSSR count). The molecule has 8 heavy (non-hydrogen) atoms. The fourth-order valence-corrected chi connectivity index (χ4v) is 0. The van der Waals surface area contributed by atoms with Crippen LogP contribution >= 0.6 is 0 Å². The van der Waals surface area contributed by atoms with E-state index < -0.39 is 0 Å². The summed E-state index contributed by atoms with van der Waals surface area (Å²) in [4.78, 5) is 0. The Hall–Kier alpha value is 0.177. The molecule has 0 atom stereocenters. The maximum Gasteiger partial charge on any atom is 0.146 e. The predicted octanol–water partition coefficient (Wildman–Crippen LogP) is 1.11. The standard InChI is InChI=1S/C3H10OSi.C3H8/c1-3(2)4-5;1-3-2/h3H,1-2,5H3;3H2,1-2H3. The molecule has 0 fully saturated rings. The Bertz CT molecular complexity index is 29.7. The third-order valence-electron chi connectivity index (χ3n) is 0.471. The average molecular weight is 134 g/mol. The van der Waals surface area contributed by atoms with Gasteiger partial charge in [0.1, 0.15) is 10.5 Å². The van der Waals surface area contributed by atoms with Crippen LogP contribution in [0.25, 0.3) is 0 Å². The molecular formula is C6H18OSi. The quantitative estimate of drug-likeness (QED) is 0.488. The first-order valence-corrected chi connectivity index (χ1v) is 4.03. The first-order valence-electron chi connectivity index (χ1n) is 3.21. The minimum absolute atomic E-state index is 0.446. The van der Waals surface area contributed by atoms with Crippen LogP contribution in [0.5, 0.6) is 0 Å². The van der Waals surface area contributed by atoms with Crippen LogP contribution in [0.1, 0.15) is 34.1 Å². The summed E-state index contributed by atoms with van der Waals surface area (Å²) in [7, 11) is 0.873. The van der Waals surface area contributed by atoms with Crippen molar-refractivity contribution in [3.05, 3.63) is 0 Å². The Labute approximate surface area is 56.0 Å². The molecule has 0 aromatic heterocycles. The smallest absolute Gasteiger partial charge is 0.146 e. The summed E-state index contributed by atoms with van der Waals surface area (Å²) >= 11 is 0. The van der Waals surface area contributed by atoms with Gasteiger partial charge in [-0.2, -0.15) is 0 Å². The van der Waals surface area contributed by atoms with Crippen molar-refractivity contribution in [2.45, 2.75) is 40.2 Å². The zero-order valence-electron chi connectivity index (χ0n) is 6.69. The number of hydrogen-bond donors (Lipinski definition) is 0. The molecule has 0 bridgehead atoms. The van der Waals surface area contributed by atoms with Crippen LogP contribution in [0, 0.1) is 0 Å². The molecule has 0 unspecified atom stereocenters. The number of rotatable bonds is 1. The van der Waals surface area contributed by atoms with Crippen molar-refractivity contribution in [3.63, 3.8) is 0 Å². The van der Waals surface area contributed by atoms with Crippen molar-refractivity contribution in [1.29, 1.82) is 0 Å². The Morgan fingerprint density at radius 1 is 1.38 bits per heavy atom. The maximum absolute atomic E-state index is 4.89. The van der Waals surface area contributed by atoms with Crippen molar-refractivity contribution in [1.82, 2.24) is 0 Å². The lowest BCUT2D eigenvalue weighted by Crippen LogP contribution is -1.95. The van der Waals surface area contributed by atoms with E-state index in [-0.39, 0.29) is 0 Å². The average Bonchev–Trinajstić information content (AvgIpc) is 1.69. The first kappa shape index (κ1) is 11.0. The van der Waals surface area contributed by atoms with Crippen LogP contribution in [0.3, 0.4) is 0 Å². The van der Waals surface area contributed by atoms with Gasteiger partial charge in [0, 0.05) is 6.10 Å². The van der Waals surface area contributed by atoms with E-state index in [0.717, 1.165) is 10.5 Å². The molecule has 0 aromatic carbocycles. The molecule has 0 aromatic rings. The summed E-state index contributed by atoms with van der Waals surface area (Å²) in [6, 6.07) is 0. The predicted molar refractivity (Wildman–Crippen MR) is 42.1 cm³/mol. The molecule has 0 saturated carbocycles. The van der Waals surface area contributed by atoms with Gasteiger partial charge in [0.2, 0.25) is 0 Å². The maximum atomic E-state index is 4.89. The Kier molecular flexibility index (Phi) is 14.1. The molecule has 0 heterocycles. The van der Waals surface area contributed by atoms with Gasteiger partial charge >= 0.3 is 0 Å². The largest absolute Gasteiger partial charge is 0.426 e. The molecule has 0 aliphatic carbocycles. The van der Waals surface area contributed by atoms with Crippen LogP contribution in [0.4, 0.5) is 0 Å². The summed E-state index contributed by atoms with van der Waals surface area (Å²) in [5.74, 6) is 0. The van der Waals surface area contributed by atoms with Gasteiger partial charge in [0.25, 0.3) is 0 Å². The van der Waals surface area contributed by atoms with Gasteiger partial charge in [-0.05, 0) is 13.8 Å². The normalized spacial score (nSPS) is 8.62. The molecule has 0 amide bonds. The molecule has 0 aliphatic heterocycles. The van der Waals surface area contributed by atoms with Gasteiger partial charge in [-0.25, -0.2) is 0 Å². The van der Waals surface area contributed by atoms with Crippen LogP contribution in [-0.2, 0) is 4.43 Å². The van der Waals surface area contributed by atoms with Gasteiger partial charge in [-0.15, -0.1) is 0 Å². The topological polar surface area (TPSA) is 9.23 Å². The minimum atomic E-state index is 0.446. The second-order valence-corrected chi connectivity index (χ2v) is 2.46. The second kappa shape index (κ2) is 10.2. The van der Waals surface area contributed by atoms with E-state index in [1.165, 1.54) is 6.42 Å². The van der Waals surface area contributed by atoms with Gasteiger partial charge in [-0.3, -0.25) is 0 Å². The van der Waals surface area contributed by atoms with Gasteiger partial charge in [-0.1, -0.05) is 20.3 Å². The van der Waals surface area contributed by atoms with Crippen LogP contribution in [0.15, 0.2) is 0 Å². The molecule has 0 saturated heterocycles. The molecule has 0 N–H and O–H groups in total. The highest BCUT2D eigenvalue weighted by Crippen LogP contribution is 1.76. The van der Waals surface area contributed by atoms with E-state index in [9.17, 15) is 0 Å². The highest BCUT2D eigenvalue weighted by atomic mass is 28.2. The van der Waals surface area contributed by atoms with Crippen molar-refractivity contribution in [3.8, 4) is 0 Å². The van der Waals surface area contributed by atoms with Gasteiger partial charge < -0.3 is 4.43 Å². The summed E-state index contributed by atoms with van der Waals surface area (Å²) in [6.45, 7) is 8.32. The second-order valence-electron chi connectivity index (χ2n) is 1.99. The van der Waals surface area contributed by atoms with Crippen molar-refractivity contribution in [2.75, 3.05) is 0 Å². The van der Waals surface area contributed by atoms with E-state index >= 15 is 0 Å². The van der Waals surface area contributed by atoms with Crippen molar-refractivity contribution in [2.24, 2.45) is 0 Å². The molecule has 0 aliphatic rings. The van der Waals surface area contributed by atoms with Crippen molar-refractivity contribution >= 4 is 10.5 Å². The Morgan fingerprint density at radius 3 is 1.50 bits per heavy atom. The van der Waals surface area contributed by atoms with Crippen LogP contribution < -0.4 is 0 Å². The Balaban J connectivity index is 0. The zero-order valence-corrected chi connectivity index (χ0v) is 8.69. The minimum Gasteiger partial charge on any atom is -0.426 e. The summed E-state index contributed by atoms with van der Waals surface area (Å²) in [5.41, 5.74) is 0. The SMILES string of the molecule is CC(C)O[SiH3].CCC. The molecule has 0 radical (unpaired) electrons. The van der Waals surface area contributed by atoms with Crippen LogP contribution in [0.2, 0.25) is 0 Å². The molecule has 0 spiro atoms. The lowest BCUT2D eigenvalue weighted by Gasteiger charge is -1.95. The highest BCUT2D eigenvalue weighted by molar-refractivity contribution is 5.98. The molecule has 2 heteroatoms. The summed E-state index contributed by atoms with van der Waals surface area (Å²) in [6.07, 6.45) is 1.70. The van der Waals surface area contributed by atoms with E-state index in [4.69, 9.17) is 4.43 Å². The summed E-state index contributed by atoms with van der Waals surface area (Å²) in [5, 5.41) is 0. The highest BCUT2D eigenvalue weighted by Gasteiger charge is 1.77. The van der Waals surface area contributed by atoms with Crippen LogP contribution in [-0.4, -0.2) is 16.6 Å². The fraction of sp³-hybridized carbons (Fsp3) is 1.00. The van der Waals surface area contributed by atoms with Crippen molar-refractivity contribution < 1.29 is 4.43 Å². The van der Waals surface area contributed by atoms with E-state index in [1.54, 1.807) is 0 Å². The third kappa shape index (κ3) is 34.9. The summed E-state index contributed by atoms with van der Waals surface area (Å²) < 4.78 is 4.89. The van der Waals surface area contributed by atoms with Gasteiger partial charge in [0.05, 0.1) is 0 Å². The molecule has 1 nitrogen and oxygen atoms in total. The first-order chi connectivity index (χ1) is 3.68. The lowest BCUT2D eigenvalue weighted by atomic mass is 10.5. The molecular weight excluding hydrogens is 116 g/mol.